The zero-order valence-corrected chi connectivity index (χ0v) is 10.9. The van der Waals surface area contributed by atoms with Gasteiger partial charge in [0.15, 0.2) is 0 Å². The molecule has 86 valence electrons. The molecular formula is C12H22N2O. The van der Waals surface area contributed by atoms with Crippen molar-refractivity contribution >= 4 is 0 Å². The highest BCUT2D eigenvalue weighted by atomic mass is 16.1. The Hall–Kier alpha value is -0.990. The Morgan fingerprint density at radius 3 is 1.73 bits per heavy atom. The quantitative estimate of drug-likeness (QED) is 0.645. The fourth-order valence-electron chi connectivity index (χ4n) is 1.71. The van der Waals surface area contributed by atoms with Crippen LogP contribution < -0.4 is 5.69 Å². The molecule has 1 aromatic heterocycles. The van der Waals surface area contributed by atoms with Crippen molar-refractivity contribution in [3.63, 3.8) is 0 Å². The van der Waals surface area contributed by atoms with E-state index in [2.05, 4.69) is 20.8 Å². The van der Waals surface area contributed by atoms with Gasteiger partial charge in [0.05, 0.1) is 0 Å². The predicted molar refractivity (Wildman–Crippen MR) is 63.4 cm³/mol. The molecule has 0 saturated heterocycles. The number of hydrogen-bond acceptors (Lipinski definition) is 1. The maximum absolute atomic E-state index is 12.0. The summed E-state index contributed by atoms with van der Waals surface area (Å²) in [5.41, 5.74) is 0.984. The lowest BCUT2D eigenvalue weighted by atomic mass is 9.92. The van der Waals surface area contributed by atoms with Gasteiger partial charge < -0.3 is 0 Å². The van der Waals surface area contributed by atoms with Crippen molar-refractivity contribution in [2.45, 2.75) is 52.5 Å². The van der Waals surface area contributed by atoms with Crippen molar-refractivity contribution < 1.29 is 0 Å². The number of rotatable bonds is 0. The number of nitrogens with zero attached hydrogens (tertiary/aromatic N) is 2. The van der Waals surface area contributed by atoms with E-state index in [0.29, 0.717) is 0 Å². The molecule has 0 amide bonds. The molecule has 0 aliphatic carbocycles. The van der Waals surface area contributed by atoms with Crippen molar-refractivity contribution in [2.24, 2.45) is 7.05 Å². The summed E-state index contributed by atoms with van der Waals surface area (Å²) in [5, 5.41) is 0. The lowest BCUT2D eigenvalue weighted by Crippen LogP contribution is -2.34. The van der Waals surface area contributed by atoms with Crippen LogP contribution in [0.25, 0.3) is 0 Å². The topological polar surface area (TPSA) is 26.9 Å². The molecule has 0 aliphatic heterocycles. The van der Waals surface area contributed by atoms with Crippen LogP contribution in [-0.2, 0) is 18.0 Å². The highest BCUT2D eigenvalue weighted by Gasteiger charge is 2.24. The van der Waals surface area contributed by atoms with Crippen LogP contribution >= 0.6 is 0 Å². The first-order valence-electron chi connectivity index (χ1n) is 5.34. The van der Waals surface area contributed by atoms with Gasteiger partial charge in [-0.05, 0) is 20.8 Å². The average molecular weight is 210 g/mol. The van der Waals surface area contributed by atoms with Crippen LogP contribution in [0.3, 0.4) is 0 Å². The zero-order valence-electron chi connectivity index (χ0n) is 10.9. The average Bonchev–Trinajstić information content (AvgIpc) is 2.26. The maximum Gasteiger partial charge on any atom is 0.328 e. The van der Waals surface area contributed by atoms with Crippen LogP contribution in [0.15, 0.2) is 11.0 Å². The molecule has 0 fully saturated rings. The first-order chi connectivity index (χ1) is 6.55. The summed E-state index contributed by atoms with van der Waals surface area (Å²) < 4.78 is 3.54. The summed E-state index contributed by atoms with van der Waals surface area (Å²) >= 11 is 0. The summed E-state index contributed by atoms with van der Waals surface area (Å²) in [5.74, 6) is 0. The Bertz CT molecular complexity index is 410. The van der Waals surface area contributed by atoms with Crippen molar-refractivity contribution in [3.8, 4) is 0 Å². The van der Waals surface area contributed by atoms with E-state index in [-0.39, 0.29) is 16.6 Å². The summed E-state index contributed by atoms with van der Waals surface area (Å²) in [6, 6.07) is 0. The van der Waals surface area contributed by atoms with Crippen LogP contribution in [0.5, 0.6) is 0 Å². The molecule has 3 nitrogen and oxygen atoms in total. The molecular weight excluding hydrogens is 188 g/mol. The van der Waals surface area contributed by atoms with Gasteiger partial charge in [-0.3, -0.25) is 9.13 Å². The lowest BCUT2D eigenvalue weighted by Gasteiger charge is -2.20. The van der Waals surface area contributed by atoms with Gasteiger partial charge in [0.25, 0.3) is 0 Å². The van der Waals surface area contributed by atoms with Gasteiger partial charge in [0.2, 0.25) is 0 Å². The number of hydrogen-bond donors (Lipinski definition) is 0. The van der Waals surface area contributed by atoms with Gasteiger partial charge in [-0.1, -0.05) is 20.8 Å². The van der Waals surface area contributed by atoms with E-state index in [0.717, 1.165) is 5.69 Å². The second kappa shape index (κ2) is 3.26. The molecule has 0 atom stereocenters. The Morgan fingerprint density at radius 2 is 1.53 bits per heavy atom. The van der Waals surface area contributed by atoms with Crippen molar-refractivity contribution in [1.29, 1.82) is 0 Å². The minimum absolute atomic E-state index is 0.00437. The Balaban J connectivity index is 3.45. The monoisotopic (exact) mass is 210 g/mol. The fraction of sp³-hybridized carbons (Fsp3) is 0.750. The minimum atomic E-state index is -0.154. The summed E-state index contributed by atoms with van der Waals surface area (Å²) in [6.45, 7) is 12.5. The number of aromatic nitrogens is 2. The smallest absolute Gasteiger partial charge is 0.299 e. The SMILES string of the molecule is Cn1c(C(C)(C)C)cn(C(C)(C)C)c1=O. The molecule has 0 radical (unpaired) electrons. The first-order valence-corrected chi connectivity index (χ1v) is 5.34. The van der Waals surface area contributed by atoms with Gasteiger partial charge >= 0.3 is 5.69 Å². The molecule has 1 aromatic rings. The van der Waals surface area contributed by atoms with E-state index >= 15 is 0 Å². The van der Waals surface area contributed by atoms with Crippen molar-refractivity contribution in [2.75, 3.05) is 0 Å². The van der Waals surface area contributed by atoms with Gasteiger partial charge in [-0.2, -0.15) is 0 Å². The van der Waals surface area contributed by atoms with E-state index in [1.165, 1.54) is 0 Å². The molecule has 0 aliphatic rings. The van der Waals surface area contributed by atoms with Crippen molar-refractivity contribution in [3.05, 3.63) is 22.4 Å². The van der Waals surface area contributed by atoms with Crippen LogP contribution in [0.1, 0.15) is 47.2 Å². The van der Waals surface area contributed by atoms with Gasteiger partial charge in [-0.15, -0.1) is 0 Å². The minimum Gasteiger partial charge on any atom is -0.299 e. The second-order valence-electron chi connectivity index (χ2n) is 6.15. The molecule has 0 bridgehead atoms. The molecule has 0 N–H and O–H groups in total. The van der Waals surface area contributed by atoms with E-state index in [9.17, 15) is 4.79 Å². The highest BCUT2D eigenvalue weighted by molar-refractivity contribution is 5.12. The van der Waals surface area contributed by atoms with E-state index < -0.39 is 0 Å². The molecule has 0 aromatic carbocycles. The summed E-state index contributed by atoms with van der Waals surface area (Å²) in [4.78, 5) is 12.0. The summed E-state index contributed by atoms with van der Waals surface area (Å²) in [6.07, 6.45) is 1.97. The lowest BCUT2D eigenvalue weighted by molar-refractivity contribution is 0.381. The Labute approximate surface area is 91.7 Å². The highest BCUT2D eigenvalue weighted by Crippen LogP contribution is 2.22. The van der Waals surface area contributed by atoms with E-state index in [4.69, 9.17) is 0 Å². The molecule has 3 heteroatoms. The second-order valence-corrected chi connectivity index (χ2v) is 6.15. The summed E-state index contributed by atoms with van der Waals surface area (Å²) in [7, 11) is 1.84. The number of imidazole rings is 1. The van der Waals surface area contributed by atoms with Gasteiger partial charge in [0.1, 0.15) is 0 Å². The third kappa shape index (κ3) is 2.16. The standard InChI is InChI=1S/C12H22N2O/c1-11(2,3)9-8-14(12(4,5)6)10(15)13(9)7/h8H,1-7H3. The van der Waals surface area contributed by atoms with Gasteiger partial charge in [0, 0.05) is 29.9 Å². The van der Waals surface area contributed by atoms with Gasteiger partial charge in [-0.25, -0.2) is 4.79 Å². The largest absolute Gasteiger partial charge is 0.328 e. The third-order valence-electron chi connectivity index (χ3n) is 2.60. The Kier molecular flexibility index (Phi) is 2.62. The fourth-order valence-corrected chi connectivity index (χ4v) is 1.71. The predicted octanol–water partition coefficient (Wildman–Crippen LogP) is 2.24. The van der Waals surface area contributed by atoms with Crippen molar-refractivity contribution in [1.82, 2.24) is 9.13 Å². The molecule has 15 heavy (non-hydrogen) atoms. The van der Waals surface area contributed by atoms with E-state index in [1.54, 1.807) is 9.13 Å². The first kappa shape index (κ1) is 12.1. The normalized spacial score (nSPS) is 13.3. The molecule has 1 heterocycles. The van der Waals surface area contributed by atoms with Crippen LogP contribution in [-0.4, -0.2) is 9.13 Å². The molecule has 0 saturated carbocycles. The van der Waals surface area contributed by atoms with Crippen LogP contribution in [0.2, 0.25) is 0 Å². The van der Waals surface area contributed by atoms with E-state index in [1.807, 2.05) is 34.0 Å². The molecule has 0 spiro atoms. The Morgan fingerprint density at radius 1 is 1.07 bits per heavy atom. The molecule has 0 unspecified atom stereocenters. The van der Waals surface area contributed by atoms with Crippen LogP contribution in [0, 0.1) is 0 Å². The van der Waals surface area contributed by atoms with Crippen LogP contribution in [0.4, 0.5) is 0 Å². The maximum atomic E-state index is 12.0. The zero-order chi connectivity index (χ0) is 12.0. The molecule has 1 rings (SSSR count). The third-order valence-corrected chi connectivity index (χ3v) is 2.60.